The summed E-state index contributed by atoms with van der Waals surface area (Å²) in [5, 5.41) is 6.51. The maximum absolute atomic E-state index is 5.75. The maximum Gasteiger partial charge on any atom is 0.166 e. The summed E-state index contributed by atoms with van der Waals surface area (Å²) in [5.41, 5.74) is 0. The van der Waals surface area contributed by atoms with Gasteiger partial charge in [-0.3, -0.25) is 0 Å². The lowest BCUT2D eigenvalue weighted by atomic mass is 10.2. The summed E-state index contributed by atoms with van der Waals surface area (Å²) in [5.74, 6) is 1.59. The third-order valence-corrected chi connectivity index (χ3v) is 2.63. The van der Waals surface area contributed by atoms with Gasteiger partial charge >= 0.3 is 0 Å². The van der Waals surface area contributed by atoms with Gasteiger partial charge in [0.15, 0.2) is 16.6 Å². The van der Waals surface area contributed by atoms with Crippen LogP contribution < -0.4 is 20.1 Å². The lowest BCUT2D eigenvalue weighted by molar-refractivity contribution is 0.0937. The second-order valence-corrected chi connectivity index (χ2v) is 3.87. The highest BCUT2D eigenvalue weighted by molar-refractivity contribution is 7.80. The molecule has 1 aliphatic heterocycles. The SMILES string of the molecule is CNC(=S)NC[C@@H]1COc2ccccc2O1. The van der Waals surface area contributed by atoms with E-state index in [1.165, 1.54) is 0 Å². The highest BCUT2D eigenvalue weighted by atomic mass is 32.1. The Kier molecular flexibility index (Phi) is 3.46. The number of hydrogen-bond donors (Lipinski definition) is 2. The zero-order valence-corrected chi connectivity index (χ0v) is 9.84. The number of rotatable bonds is 2. The van der Waals surface area contributed by atoms with Crippen molar-refractivity contribution in [2.24, 2.45) is 0 Å². The highest BCUT2D eigenvalue weighted by Crippen LogP contribution is 2.30. The first-order valence-corrected chi connectivity index (χ1v) is 5.54. The molecule has 1 aromatic carbocycles. The van der Waals surface area contributed by atoms with Gasteiger partial charge in [0.05, 0.1) is 6.54 Å². The molecule has 1 atom stereocenters. The molecule has 2 N–H and O–H groups in total. The zero-order chi connectivity index (χ0) is 11.4. The molecule has 0 aliphatic carbocycles. The number of benzene rings is 1. The van der Waals surface area contributed by atoms with Gasteiger partial charge in [0.2, 0.25) is 0 Å². The first-order valence-electron chi connectivity index (χ1n) is 5.13. The quantitative estimate of drug-likeness (QED) is 0.750. The Bertz CT molecular complexity index is 384. The molecule has 1 aliphatic rings. The summed E-state index contributed by atoms with van der Waals surface area (Å²) in [6, 6.07) is 7.65. The lowest BCUT2D eigenvalue weighted by Gasteiger charge is -2.26. The van der Waals surface area contributed by atoms with Crippen molar-refractivity contribution in [1.29, 1.82) is 0 Å². The van der Waals surface area contributed by atoms with Crippen LogP contribution in [0.2, 0.25) is 0 Å². The summed E-state index contributed by atoms with van der Waals surface area (Å²) in [4.78, 5) is 0. The third-order valence-electron chi connectivity index (χ3n) is 2.28. The van der Waals surface area contributed by atoms with E-state index < -0.39 is 0 Å². The minimum atomic E-state index is -0.0128. The van der Waals surface area contributed by atoms with Crippen molar-refractivity contribution in [3.8, 4) is 11.5 Å². The van der Waals surface area contributed by atoms with Crippen molar-refractivity contribution in [2.45, 2.75) is 6.10 Å². The summed E-state index contributed by atoms with van der Waals surface area (Å²) in [6.45, 7) is 1.17. The van der Waals surface area contributed by atoms with E-state index in [-0.39, 0.29) is 6.10 Å². The van der Waals surface area contributed by atoms with E-state index in [0.717, 1.165) is 11.5 Å². The molecular weight excluding hydrogens is 224 g/mol. The van der Waals surface area contributed by atoms with E-state index in [9.17, 15) is 0 Å². The van der Waals surface area contributed by atoms with E-state index in [4.69, 9.17) is 21.7 Å². The van der Waals surface area contributed by atoms with Crippen LogP contribution in [0.15, 0.2) is 24.3 Å². The van der Waals surface area contributed by atoms with Crippen molar-refractivity contribution in [3.63, 3.8) is 0 Å². The molecule has 0 unspecified atom stereocenters. The lowest BCUT2D eigenvalue weighted by Crippen LogP contribution is -2.43. The standard InChI is InChI=1S/C11H14N2O2S/c1-12-11(16)13-6-8-7-14-9-4-2-3-5-10(9)15-8/h2-5,8H,6-7H2,1H3,(H2,12,13,16)/t8-/m1/s1. The van der Waals surface area contributed by atoms with Crippen LogP contribution in [0.1, 0.15) is 0 Å². The predicted molar refractivity (Wildman–Crippen MR) is 66.0 cm³/mol. The van der Waals surface area contributed by atoms with Crippen molar-refractivity contribution in [2.75, 3.05) is 20.2 Å². The third kappa shape index (κ3) is 2.55. The fraction of sp³-hybridized carbons (Fsp3) is 0.364. The van der Waals surface area contributed by atoms with Gasteiger partial charge in [-0.15, -0.1) is 0 Å². The number of para-hydroxylation sites is 2. The molecule has 0 aromatic heterocycles. The minimum absolute atomic E-state index is 0.0128. The van der Waals surface area contributed by atoms with Crippen molar-refractivity contribution >= 4 is 17.3 Å². The fourth-order valence-electron chi connectivity index (χ4n) is 1.46. The molecule has 0 saturated carbocycles. The monoisotopic (exact) mass is 238 g/mol. The molecule has 86 valence electrons. The molecule has 0 fully saturated rings. The molecule has 0 bridgehead atoms. The minimum Gasteiger partial charge on any atom is -0.486 e. The molecule has 2 rings (SSSR count). The second kappa shape index (κ2) is 5.03. The fourth-order valence-corrected chi connectivity index (χ4v) is 1.54. The molecule has 0 saturated heterocycles. The maximum atomic E-state index is 5.75. The van der Waals surface area contributed by atoms with Gasteiger partial charge in [0.25, 0.3) is 0 Å². The Balaban J connectivity index is 1.90. The van der Waals surface area contributed by atoms with Crippen LogP contribution in [-0.4, -0.2) is 31.4 Å². The molecule has 0 spiro atoms. The smallest absolute Gasteiger partial charge is 0.166 e. The van der Waals surface area contributed by atoms with Crippen LogP contribution in [-0.2, 0) is 0 Å². The second-order valence-electron chi connectivity index (χ2n) is 3.46. The van der Waals surface area contributed by atoms with Crippen LogP contribution in [0, 0.1) is 0 Å². The summed E-state index contributed by atoms with van der Waals surface area (Å²) < 4.78 is 11.3. The largest absolute Gasteiger partial charge is 0.486 e. The van der Waals surface area contributed by atoms with E-state index in [1.54, 1.807) is 7.05 Å². The Morgan fingerprint density at radius 3 is 2.94 bits per heavy atom. The van der Waals surface area contributed by atoms with Gasteiger partial charge in [0, 0.05) is 7.05 Å². The summed E-state index contributed by atoms with van der Waals surface area (Å²) >= 11 is 4.98. The highest BCUT2D eigenvalue weighted by Gasteiger charge is 2.20. The van der Waals surface area contributed by atoms with Gasteiger partial charge in [-0.25, -0.2) is 0 Å². The Morgan fingerprint density at radius 1 is 1.44 bits per heavy atom. The van der Waals surface area contributed by atoms with Gasteiger partial charge in [-0.1, -0.05) is 12.1 Å². The van der Waals surface area contributed by atoms with E-state index in [0.29, 0.717) is 18.3 Å². The molecule has 0 amide bonds. The van der Waals surface area contributed by atoms with Crippen LogP contribution in [0.5, 0.6) is 11.5 Å². The normalized spacial score (nSPS) is 17.7. The predicted octanol–water partition coefficient (Wildman–Crippen LogP) is 0.920. The van der Waals surface area contributed by atoms with Gasteiger partial charge < -0.3 is 20.1 Å². The Labute approximate surface area is 99.9 Å². The Hall–Kier alpha value is -1.49. The zero-order valence-electron chi connectivity index (χ0n) is 9.03. The Morgan fingerprint density at radius 2 is 2.19 bits per heavy atom. The molecule has 16 heavy (non-hydrogen) atoms. The van der Waals surface area contributed by atoms with E-state index >= 15 is 0 Å². The van der Waals surface area contributed by atoms with Gasteiger partial charge in [-0.2, -0.15) is 0 Å². The van der Waals surface area contributed by atoms with Crippen LogP contribution in [0.25, 0.3) is 0 Å². The van der Waals surface area contributed by atoms with Crippen molar-refractivity contribution < 1.29 is 9.47 Å². The number of ether oxygens (including phenoxy) is 2. The van der Waals surface area contributed by atoms with Crippen molar-refractivity contribution in [3.05, 3.63) is 24.3 Å². The van der Waals surface area contributed by atoms with Gasteiger partial charge in [-0.05, 0) is 24.4 Å². The topological polar surface area (TPSA) is 42.5 Å². The first-order chi connectivity index (χ1) is 7.79. The first kappa shape index (κ1) is 11.0. The average Bonchev–Trinajstić information content (AvgIpc) is 2.35. The molecule has 1 aromatic rings. The molecular formula is C11H14N2O2S. The molecule has 0 radical (unpaired) electrons. The molecule has 1 heterocycles. The van der Waals surface area contributed by atoms with Crippen LogP contribution in [0.4, 0.5) is 0 Å². The number of nitrogens with one attached hydrogen (secondary N) is 2. The van der Waals surface area contributed by atoms with Crippen molar-refractivity contribution in [1.82, 2.24) is 10.6 Å². The summed E-state index contributed by atoms with van der Waals surface area (Å²) in [6.07, 6.45) is -0.0128. The van der Waals surface area contributed by atoms with Gasteiger partial charge in [0.1, 0.15) is 12.7 Å². The number of fused-ring (bicyclic) bond motifs is 1. The van der Waals surface area contributed by atoms with Crippen LogP contribution >= 0.6 is 12.2 Å². The van der Waals surface area contributed by atoms with E-state index in [2.05, 4.69) is 10.6 Å². The van der Waals surface area contributed by atoms with E-state index in [1.807, 2.05) is 24.3 Å². The molecule has 5 heteroatoms. The average molecular weight is 238 g/mol. The van der Waals surface area contributed by atoms with Crippen LogP contribution in [0.3, 0.4) is 0 Å². The molecule has 4 nitrogen and oxygen atoms in total. The summed E-state index contributed by atoms with van der Waals surface area (Å²) in [7, 11) is 1.78. The number of thiocarbonyl (C=S) groups is 1. The number of hydrogen-bond acceptors (Lipinski definition) is 3.